The van der Waals surface area contributed by atoms with E-state index in [2.05, 4.69) is 31.7 Å². The Hall–Kier alpha value is -4.83. The number of benzene rings is 1. The molecule has 0 aliphatic carbocycles. The molecule has 1 aromatic rings. The number of amides is 5. The molecule has 20 nitrogen and oxygen atoms in total. The number of carbonyl (C=O) groups is 6. The zero-order valence-corrected chi connectivity index (χ0v) is 33.2. The summed E-state index contributed by atoms with van der Waals surface area (Å²) in [7, 11) is -4.53. The summed E-state index contributed by atoms with van der Waals surface area (Å²) in [6.07, 6.45) is 1.32. The Morgan fingerprint density at radius 2 is 1.46 bits per heavy atom. The highest BCUT2D eigenvalue weighted by Gasteiger charge is 2.39. The predicted molar refractivity (Wildman–Crippen MR) is 201 cm³/mol. The summed E-state index contributed by atoms with van der Waals surface area (Å²) in [5.41, 5.74) is 10.0. The Balaban J connectivity index is 1.98. The van der Waals surface area contributed by atoms with Gasteiger partial charge in [0.05, 0.1) is 56.0 Å². The molecular weight excluding hydrogens is 755 g/mol. The summed E-state index contributed by atoms with van der Waals surface area (Å²) in [6, 6.07) is 2.26. The standard InChI is InChI=1S/C35H55N9O11S/c1-22(2)14-27(32(48)35(5,51)21-55-56(52,53)26-8-6-24(7-9-26)33(49)39-17-25(16-36)43-37)41-30(46)19-40-34(50)28(15-23(3)4)42-29(45)18-38-31(47)20-44-10-12-54-13-11-44/h6-9,16,22-23,27-28,37,51H,10-15,17-21,36H2,1-5H3,(H,38,47)(H,39,49)(H,40,50)(H,41,46)(H,42,45)/b25-16-,43-37?/t27-,28-,35?/m0/s1. The average molecular weight is 810 g/mol. The van der Waals surface area contributed by atoms with E-state index in [1.807, 2.05) is 18.7 Å². The number of rotatable bonds is 23. The Morgan fingerprint density at radius 1 is 0.911 bits per heavy atom. The van der Waals surface area contributed by atoms with E-state index >= 15 is 0 Å². The number of hydrogen-bond donors (Lipinski definition) is 8. The average Bonchev–Trinajstić information content (AvgIpc) is 3.15. The Morgan fingerprint density at radius 3 is 2.02 bits per heavy atom. The van der Waals surface area contributed by atoms with Gasteiger partial charge in [0.15, 0.2) is 5.78 Å². The van der Waals surface area contributed by atoms with Gasteiger partial charge in [-0.1, -0.05) is 27.7 Å². The molecule has 21 heteroatoms. The normalized spacial score (nSPS) is 15.9. The van der Waals surface area contributed by atoms with Crippen LogP contribution in [0.15, 0.2) is 46.2 Å². The maximum Gasteiger partial charge on any atom is 0.297 e. The Labute approximate surface area is 326 Å². The van der Waals surface area contributed by atoms with E-state index in [0.717, 1.165) is 25.3 Å². The molecule has 56 heavy (non-hydrogen) atoms. The first kappa shape index (κ1) is 47.3. The van der Waals surface area contributed by atoms with E-state index in [0.29, 0.717) is 26.3 Å². The van der Waals surface area contributed by atoms with Crippen molar-refractivity contribution in [1.29, 1.82) is 5.53 Å². The van der Waals surface area contributed by atoms with Crippen LogP contribution in [-0.2, 0) is 43.0 Å². The minimum atomic E-state index is -4.53. The molecule has 1 heterocycles. The number of nitrogens with zero attached hydrogens (tertiary/aromatic N) is 2. The lowest BCUT2D eigenvalue weighted by atomic mass is 9.90. The fourth-order valence-corrected chi connectivity index (χ4v) is 6.26. The topological polar surface area (TPSA) is 301 Å². The van der Waals surface area contributed by atoms with Crippen LogP contribution in [0.5, 0.6) is 0 Å². The number of morpholine rings is 1. The SMILES string of the molecule is CC(C)C[C@H](NC(=O)CNC(=O)CN1CCOCC1)C(=O)NCC(=O)N[C@@H](CC(C)C)C(=O)C(C)(O)COS(=O)(=O)c1ccc(C(=O)NC/C(=C/N)N=N)cc1. The number of nitrogens with one attached hydrogen (secondary N) is 6. The predicted octanol–water partition coefficient (Wildman–Crippen LogP) is -1.10. The van der Waals surface area contributed by atoms with Crippen LogP contribution in [0, 0.1) is 17.4 Å². The number of Topliss-reactive ketones (excluding diaryl/α,β-unsaturated/α-hetero) is 1. The molecule has 2 rings (SSSR count). The van der Waals surface area contributed by atoms with Crippen molar-refractivity contribution in [3.8, 4) is 0 Å². The van der Waals surface area contributed by atoms with Gasteiger partial charge in [0.1, 0.15) is 18.2 Å². The van der Waals surface area contributed by atoms with Gasteiger partial charge in [-0.25, -0.2) is 5.53 Å². The van der Waals surface area contributed by atoms with E-state index < -0.39 is 70.4 Å². The summed E-state index contributed by atoms with van der Waals surface area (Å²) < 4.78 is 36.1. The summed E-state index contributed by atoms with van der Waals surface area (Å²) >= 11 is 0. The Bertz CT molecular complexity index is 1680. The molecule has 9 N–H and O–H groups in total. The molecule has 0 bridgehead atoms. The molecule has 1 saturated heterocycles. The minimum Gasteiger partial charge on any atom is -0.403 e. The lowest BCUT2D eigenvalue weighted by Gasteiger charge is -2.28. The van der Waals surface area contributed by atoms with Crippen LogP contribution in [-0.4, -0.2) is 131 Å². The van der Waals surface area contributed by atoms with Crippen LogP contribution in [0.1, 0.15) is 57.8 Å². The fraction of sp³-hybridized carbons (Fsp3) is 0.600. The molecule has 312 valence electrons. The zero-order valence-electron chi connectivity index (χ0n) is 32.4. The van der Waals surface area contributed by atoms with Gasteiger partial charge in [-0.15, -0.1) is 0 Å². The van der Waals surface area contributed by atoms with Crippen molar-refractivity contribution in [2.75, 3.05) is 59.1 Å². The molecule has 5 amide bonds. The van der Waals surface area contributed by atoms with Crippen LogP contribution in [0.4, 0.5) is 0 Å². The molecular formula is C35H55N9O11S. The maximum atomic E-state index is 13.5. The van der Waals surface area contributed by atoms with Gasteiger partial charge in [0.25, 0.3) is 16.0 Å². The lowest BCUT2D eigenvalue weighted by Crippen LogP contribution is -2.55. The van der Waals surface area contributed by atoms with Crippen molar-refractivity contribution in [2.45, 2.75) is 70.0 Å². The highest BCUT2D eigenvalue weighted by Crippen LogP contribution is 2.19. The van der Waals surface area contributed by atoms with Crippen LogP contribution in [0.2, 0.25) is 0 Å². The highest BCUT2D eigenvalue weighted by molar-refractivity contribution is 7.86. The highest BCUT2D eigenvalue weighted by atomic mass is 32.2. The lowest BCUT2D eigenvalue weighted by molar-refractivity contribution is -0.143. The largest absolute Gasteiger partial charge is 0.403 e. The molecule has 0 saturated carbocycles. The summed E-state index contributed by atoms with van der Waals surface area (Å²) in [4.78, 5) is 78.3. The second kappa shape index (κ2) is 22.7. The van der Waals surface area contributed by atoms with Gasteiger partial charge in [0, 0.05) is 24.9 Å². The van der Waals surface area contributed by atoms with Crippen molar-refractivity contribution < 1.29 is 51.2 Å². The minimum absolute atomic E-state index is 0.0344. The van der Waals surface area contributed by atoms with Crippen molar-refractivity contribution in [3.63, 3.8) is 0 Å². The van der Waals surface area contributed by atoms with Crippen LogP contribution in [0.25, 0.3) is 0 Å². The summed E-state index contributed by atoms with van der Waals surface area (Å²) in [6.45, 7) is 8.46. The van der Waals surface area contributed by atoms with Crippen LogP contribution in [0.3, 0.4) is 0 Å². The fourth-order valence-electron chi connectivity index (χ4n) is 5.27. The molecule has 3 atom stereocenters. The monoisotopic (exact) mass is 809 g/mol. The van der Waals surface area contributed by atoms with E-state index in [-0.39, 0.29) is 66.4 Å². The van der Waals surface area contributed by atoms with Crippen molar-refractivity contribution in [2.24, 2.45) is 22.7 Å². The zero-order chi connectivity index (χ0) is 42.1. The van der Waals surface area contributed by atoms with Gasteiger partial charge in [-0.2, -0.15) is 13.5 Å². The first-order valence-electron chi connectivity index (χ1n) is 18.0. The van der Waals surface area contributed by atoms with Crippen LogP contribution < -0.4 is 32.3 Å². The van der Waals surface area contributed by atoms with Crippen molar-refractivity contribution in [1.82, 2.24) is 31.5 Å². The second-order valence-electron chi connectivity index (χ2n) is 14.2. The molecule has 0 aromatic heterocycles. The third-order valence-corrected chi connectivity index (χ3v) is 9.53. The number of nitrogens with two attached hydrogens (primary N) is 1. The van der Waals surface area contributed by atoms with Crippen molar-refractivity contribution in [3.05, 3.63) is 41.7 Å². The smallest absolute Gasteiger partial charge is 0.297 e. The van der Waals surface area contributed by atoms with E-state index in [9.17, 15) is 42.3 Å². The number of ether oxygens (including phenoxy) is 1. The van der Waals surface area contributed by atoms with Gasteiger partial charge < -0.3 is 42.2 Å². The van der Waals surface area contributed by atoms with E-state index in [1.54, 1.807) is 13.8 Å². The van der Waals surface area contributed by atoms with Gasteiger partial charge in [-0.3, -0.25) is 37.9 Å². The molecule has 0 radical (unpaired) electrons. The Kier molecular flexibility index (Phi) is 19.1. The molecule has 1 aliphatic rings. The van der Waals surface area contributed by atoms with Gasteiger partial charge in [-0.05, 0) is 55.9 Å². The first-order chi connectivity index (χ1) is 26.3. The molecule has 1 aromatic carbocycles. The molecule has 1 unspecified atom stereocenters. The summed E-state index contributed by atoms with van der Waals surface area (Å²) in [5, 5.41) is 26.7. The van der Waals surface area contributed by atoms with E-state index in [1.165, 1.54) is 12.1 Å². The second-order valence-corrected chi connectivity index (χ2v) is 15.8. The molecule has 1 fully saturated rings. The number of aliphatic hydroxyl groups is 1. The van der Waals surface area contributed by atoms with Crippen molar-refractivity contribution >= 4 is 45.4 Å². The van der Waals surface area contributed by atoms with Gasteiger partial charge in [0.2, 0.25) is 23.6 Å². The van der Waals surface area contributed by atoms with Gasteiger partial charge >= 0.3 is 0 Å². The molecule has 1 aliphatic heterocycles. The third kappa shape index (κ3) is 16.5. The van der Waals surface area contributed by atoms with Crippen LogP contribution >= 0.6 is 0 Å². The van der Waals surface area contributed by atoms with E-state index in [4.69, 9.17) is 20.2 Å². The number of ketones is 1. The molecule has 0 spiro atoms. The maximum absolute atomic E-state index is 13.5. The number of hydrogen-bond acceptors (Lipinski definition) is 15. The number of carbonyl (C=O) groups excluding carboxylic acids is 6. The third-order valence-electron chi connectivity index (χ3n) is 8.26. The summed E-state index contributed by atoms with van der Waals surface area (Å²) in [5.74, 6) is -4.17. The quantitative estimate of drug-likeness (QED) is 0.0482. The first-order valence-corrected chi connectivity index (χ1v) is 19.4.